The molecular formula is C21H30N4. The summed E-state index contributed by atoms with van der Waals surface area (Å²) >= 11 is 0. The minimum absolute atomic E-state index is 0.373. The maximum atomic E-state index is 4.78. The number of rotatable bonds is 6. The van der Waals surface area contributed by atoms with Crippen molar-refractivity contribution in [2.24, 2.45) is 0 Å². The molecule has 0 atom stereocenters. The Morgan fingerprint density at radius 3 is 2.40 bits per heavy atom. The van der Waals surface area contributed by atoms with Crippen LogP contribution in [-0.4, -0.2) is 47.6 Å². The smallest absolute Gasteiger partial charge is 0.133 e. The van der Waals surface area contributed by atoms with Crippen LogP contribution in [0, 0.1) is 6.92 Å². The van der Waals surface area contributed by atoms with Gasteiger partial charge >= 0.3 is 0 Å². The first kappa shape index (κ1) is 17.9. The van der Waals surface area contributed by atoms with E-state index in [1.165, 1.54) is 24.9 Å². The van der Waals surface area contributed by atoms with Crippen molar-refractivity contribution in [1.82, 2.24) is 14.9 Å². The second-order valence-electron chi connectivity index (χ2n) is 7.30. The van der Waals surface area contributed by atoms with E-state index in [9.17, 15) is 0 Å². The Bertz CT molecular complexity index is 661. The maximum Gasteiger partial charge on any atom is 0.133 e. The van der Waals surface area contributed by atoms with Crippen LogP contribution in [-0.2, 0) is 6.42 Å². The summed E-state index contributed by atoms with van der Waals surface area (Å²) in [6, 6.07) is 12.9. The van der Waals surface area contributed by atoms with Gasteiger partial charge in [-0.15, -0.1) is 0 Å². The number of aryl methyl sites for hydroxylation is 2. The van der Waals surface area contributed by atoms with E-state index in [-0.39, 0.29) is 0 Å². The molecule has 0 saturated carbocycles. The Morgan fingerprint density at radius 2 is 1.72 bits per heavy atom. The van der Waals surface area contributed by atoms with E-state index in [1.54, 1.807) is 0 Å². The van der Waals surface area contributed by atoms with Gasteiger partial charge in [-0.25, -0.2) is 9.97 Å². The average molecular weight is 338 g/mol. The Balaban J connectivity index is 1.48. The summed E-state index contributed by atoms with van der Waals surface area (Å²) in [4.78, 5) is 14.3. The van der Waals surface area contributed by atoms with Crippen molar-refractivity contribution in [3.05, 3.63) is 53.5 Å². The highest BCUT2D eigenvalue weighted by atomic mass is 15.3. The van der Waals surface area contributed by atoms with Gasteiger partial charge in [-0.2, -0.15) is 0 Å². The lowest BCUT2D eigenvalue weighted by atomic mass is 10.1. The molecule has 3 rings (SSSR count). The van der Waals surface area contributed by atoms with Gasteiger partial charge in [0.15, 0.2) is 0 Å². The number of hydrogen-bond donors (Lipinski definition) is 0. The molecule has 0 aliphatic carbocycles. The van der Waals surface area contributed by atoms with Gasteiger partial charge in [0.05, 0.1) is 0 Å². The minimum Gasteiger partial charge on any atom is -0.354 e. The van der Waals surface area contributed by atoms with Crippen LogP contribution in [0.2, 0.25) is 0 Å². The van der Waals surface area contributed by atoms with Crippen molar-refractivity contribution in [2.75, 3.05) is 37.6 Å². The summed E-state index contributed by atoms with van der Waals surface area (Å²) in [6.07, 6.45) is 2.40. The first-order chi connectivity index (χ1) is 12.1. The van der Waals surface area contributed by atoms with Gasteiger partial charge < -0.3 is 4.90 Å². The molecule has 0 amide bonds. The molecule has 1 aromatic carbocycles. The molecule has 25 heavy (non-hydrogen) atoms. The van der Waals surface area contributed by atoms with Gasteiger partial charge in [0.1, 0.15) is 11.6 Å². The molecule has 1 fully saturated rings. The van der Waals surface area contributed by atoms with Gasteiger partial charge in [0, 0.05) is 43.9 Å². The normalized spacial score (nSPS) is 15.8. The first-order valence-electron chi connectivity index (χ1n) is 9.48. The molecule has 1 aliphatic rings. The molecule has 1 aromatic heterocycles. The van der Waals surface area contributed by atoms with Gasteiger partial charge in [0.2, 0.25) is 0 Å². The van der Waals surface area contributed by atoms with Crippen molar-refractivity contribution >= 4 is 5.82 Å². The zero-order valence-corrected chi connectivity index (χ0v) is 15.8. The summed E-state index contributed by atoms with van der Waals surface area (Å²) in [5.74, 6) is 2.43. The monoisotopic (exact) mass is 338 g/mol. The summed E-state index contributed by atoms with van der Waals surface area (Å²) in [6.45, 7) is 11.9. The number of aromatic nitrogens is 2. The first-order valence-corrected chi connectivity index (χ1v) is 9.48. The van der Waals surface area contributed by atoms with Crippen LogP contribution in [0.25, 0.3) is 0 Å². The van der Waals surface area contributed by atoms with Crippen LogP contribution >= 0.6 is 0 Å². The van der Waals surface area contributed by atoms with Gasteiger partial charge in [-0.05, 0) is 31.9 Å². The highest BCUT2D eigenvalue weighted by molar-refractivity contribution is 5.40. The fourth-order valence-corrected chi connectivity index (χ4v) is 3.35. The Hall–Kier alpha value is -1.94. The topological polar surface area (TPSA) is 32.3 Å². The molecule has 1 saturated heterocycles. The average Bonchev–Trinajstić information content (AvgIpc) is 2.62. The van der Waals surface area contributed by atoms with Crippen molar-refractivity contribution < 1.29 is 0 Å². The highest BCUT2D eigenvalue weighted by Crippen LogP contribution is 2.18. The Labute approximate surface area is 151 Å². The quantitative estimate of drug-likeness (QED) is 0.804. The van der Waals surface area contributed by atoms with E-state index in [2.05, 4.69) is 72.0 Å². The number of nitrogens with zero attached hydrogens (tertiary/aromatic N) is 4. The molecule has 134 valence electrons. The number of piperazine rings is 1. The van der Waals surface area contributed by atoms with Crippen LogP contribution < -0.4 is 4.90 Å². The lowest BCUT2D eigenvalue weighted by Gasteiger charge is -2.35. The molecule has 0 N–H and O–H groups in total. The number of hydrogen-bond acceptors (Lipinski definition) is 4. The summed E-state index contributed by atoms with van der Waals surface area (Å²) in [7, 11) is 0. The molecule has 0 radical (unpaired) electrons. The predicted molar refractivity (Wildman–Crippen MR) is 104 cm³/mol. The lowest BCUT2D eigenvalue weighted by molar-refractivity contribution is 0.254. The van der Waals surface area contributed by atoms with E-state index in [1.807, 2.05) is 0 Å². The van der Waals surface area contributed by atoms with Crippen LogP contribution in [0.3, 0.4) is 0 Å². The SMILES string of the molecule is Cc1cc(N2CCN(CCCc3ccccc3)CC2)nc(C(C)C)n1. The zero-order valence-electron chi connectivity index (χ0n) is 15.8. The molecule has 2 heterocycles. The van der Waals surface area contributed by atoms with Crippen molar-refractivity contribution in [2.45, 2.75) is 39.5 Å². The molecule has 4 nitrogen and oxygen atoms in total. The molecule has 0 spiro atoms. The third kappa shape index (κ3) is 5.02. The minimum atomic E-state index is 0.373. The number of anilines is 1. The number of benzene rings is 1. The van der Waals surface area contributed by atoms with Gasteiger partial charge in [-0.3, -0.25) is 4.90 Å². The van der Waals surface area contributed by atoms with Crippen LogP contribution in [0.4, 0.5) is 5.82 Å². The van der Waals surface area contributed by atoms with E-state index in [4.69, 9.17) is 4.98 Å². The third-order valence-corrected chi connectivity index (χ3v) is 4.85. The molecule has 2 aromatic rings. The van der Waals surface area contributed by atoms with E-state index in [0.29, 0.717) is 5.92 Å². The van der Waals surface area contributed by atoms with Crippen molar-refractivity contribution in [3.63, 3.8) is 0 Å². The Morgan fingerprint density at radius 1 is 1.00 bits per heavy atom. The summed E-state index contributed by atoms with van der Waals surface area (Å²) < 4.78 is 0. The second kappa shape index (κ2) is 8.43. The summed E-state index contributed by atoms with van der Waals surface area (Å²) in [5, 5.41) is 0. The van der Waals surface area contributed by atoms with E-state index in [0.717, 1.165) is 43.5 Å². The molecule has 1 aliphatic heterocycles. The predicted octanol–water partition coefficient (Wildman–Crippen LogP) is 3.66. The molecule has 0 unspecified atom stereocenters. The highest BCUT2D eigenvalue weighted by Gasteiger charge is 2.19. The van der Waals surface area contributed by atoms with Crippen molar-refractivity contribution in [3.8, 4) is 0 Å². The van der Waals surface area contributed by atoms with Crippen LogP contribution in [0.5, 0.6) is 0 Å². The third-order valence-electron chi connectivity index (χ3n) is 4.85. The van der Waals surface area contributed by atoms with E-state index >= 15 is 0 Å². The lowest BCUT2D eigenvalue weighted by Crippen LogP contribution is -2.47. The molecule has 0 bridgehead atoms. The van der Waals surface area contributed by atoms with Crippen LogP contribution in [0.15, 0.2) is 36.4 Å². The molecular weight excluding hydrogens is 308 g/mol. The Kier molecular flexibility index (Phi) is 6.03. The fourth-order valence-electron chi connectivity index (χ4n) is 3.35. The second-order valence-corrected chi connectivity index (χ2v) is 7.30. The maximum absolute atomic E-state index is 4.78. The van der Waals surface area contributed by atoms with Gasteiger partial charge in [-0.1, -0.05) is 44.2 Å². The summed E-state index contributed by atoms with van der Waals surface area (Å²) in [5.41, 5.74) is 2.51. The van der Waals surface area contributed by atoms with E-state index < -0.39 is 0 Å². The van der Waals surface area contributed by atoms with Crippen molar-refractivity contribution in [1.29, 1.82) is 0 Å². The fraction of sp³-hybridized carbons (Fsp3) is 0.524. The van der Waals surface area contributed by atoms with Crippen LogP contribution in [0.1, 0.15) is 43.3 Å². The largest absolute Gasteiger partial charge is 0.354 e. The molecule has 4 heteroatoms. The zero-order chi connectivity index (χ0) is 17.6. The van der Waals surface area contributed by atoms with Gasteiger partial charge in [0.25, 0.3) is 0 Å². The standard InChI is InChI=1S/C21H30N4/c1-17(2)21-22-18(3)16-20(23-21)25-14-12-24(13-15-25)11-7-10-19-8-5-4-6-9-19/h4-6,8-9,16-17H,7,10-15H2,1-3H3.